The standard InChI is InChI=1S/C11H12BrCl2NO2S/c1-15(8-3-2-4-8)18(16,17)11-9(13)5-7(12)6-10(11)14/h5-6,8H,2-4H2,1H3. The molecule has 0 aliphatic heterocycles. The number of sulfonamides is 1. The molecule has 1 aliphatic rings. The Bertz CT molecular complexity index is 549. The van der Waals surface area contributed by atoms with E-state index in [1.807, 2.05) is 0 Å². The molecule has 1 aromatic carbocycles. The van der Waals surface area contributed by atoms with Gasteiger partial charge in [0.2, 0.25) is 10.0 Å². The second-order valence-electron chi connectivity index (χ2n) is 4.30. The molecule has 0 radical (unpaired) electrons. The maximum atomic E-state index is 12.5. The predicted octanol–water partition coefficient (Wildman–Crippen LogP) is 3.93. The molecule has 7 heteroatoms. The Kier molecular flexibility index (Phi) is 4.29. The summed E-state index contributed by atoms with van der Waals surface area (Å²) in [5, 5.41) is 0.279. The largest absolute Gasteiger partial charge is 0.246 e. The zero-order valence-electron chi connectivity index (χ0n) is 9.66. The van der Waals surface area contributed by atoms with Crippen molar-refractivity contribution in [2.45, 2.75) is 30.2 Å². The van der Waals surface area contributed by atoms with E-state index in [1.165, 1.54) is 16.4 Å². The summed E-state index contributed by atoms with van der Waals surface area (Å²) >= 11 is 15.2. The fourth-order valence-corrected chi connectivity index (χ4v) is 5.16. The minimum absolute atomic E-state index is 0.0107. The summed E-state index contributed by atoms with van der Waals surface area (Å²) in [6.45, 7) is 0. The van der Waals surface area contributed by atoms with E-state index >= 15 is 0 Å². The van der Waals surface area contributed by atoms with Crippen molar-refractivity contribution in [2.24, 2.45) is 0 Å². The van der Waals surface area contributed by atoms with Gasteiger partial charge in [-0.05, 0) is 25.0 Å². The van der Waals surface area contributed by atoms with Gasteiger partial charge in [-0.15, -0.1) is 0 Å². The second kappa shape index (κ2) is 5.29. The van der Waals surface area contributed by atoms with E-state index in [9.17, 15) is 8.42 Å². The molecule has 0 aromatic heterocycles. The van der Waals surface area contributed by atoms with Gasteiger partial charge in [0.05, 0.1) is 10.0 Å². The van der Waals surface area contributed by atoms with E-state index in [0.29, 0.717) is 4.47 Å². The van der Waals surface area contributed by atoms with Crippen LogP contribution in [0.15, 0.2) is 21.5 Å². The third-order valence-electron chi connectivity index (χ3n) is 3.19. The molecule has 0 saturated heterocycles. The van der Waals surface area contributed by atoms with Crippen LogP contribution in [0.5, 0.6) is 0 Å². The van der Waals surface area contributed by atoms with Gasteiger partial charge in [-0.1, -0.05) is 45.6 Å². The fraction of sp³-hybridized carbons (Fsp3) is 0.455. The van der Waals surface area contributed by atoms with E-state index in [4.69, 9.17) is 23.2 Å². The SMILES string of the molecule is CN(C1CCC1)S(=O)(=O)c1c(Cl)cc(Br)cc1Cl. The highest BCUT2D eigenvalue weighted by Gasteiger charge is 2.34. The van der Waals surface area contributed by atoms with Crippen LogP contribution in [0.4, 0.5) is 0 Å². The molecule has 0 heterocycles. The number of rotatable bonds is 3. The maximum Gasteiger partial charge on any atom is 0.246 e. The Balaban J connectivity index is 2.47. The van der Waals surface area contributed by atoms with Crippen LogP contribution in [0.1, 0.15) is 19.3 Å². The Morgan fingerprint density at radius 1 is 1.28 bits per heavy atom. The molecule has 3 nitrogen and oxygen atoms in total. The highest BCUT2D eigenvalue weighted by molar-refractivity contribution is 9.10. The van der Waals surface area contributed by atoms with Crippen molar-refractivity contribution >= 4 is 49.2 Å². The summed E-state index contributed by atoms with van der Waals surface area (Å²) in [6.07, 6.45) is 2.84. The molecule has 1 saturated carbocycles. The van der Waals surface area contributed by atoms with Gasteiger partial charge < -0.3 is 0 Å². The molecule has 2 rings (SSSR count). The molecule has 0 unspecified atom stereocenters. The lowest BCUT2D eigenvalue weighted by Gasteiger charge is -2.34. The van der Waals surface area contributed by atoms with Crippen molar-refractivity contribution in [3.63, 3.8) is 0 Å². The van der Waals surface area contributed by atoms with Gasteiger partial charge in [-0.2, -0.15) is 4.31 Å². The number of hydrogen-bond acceptors (Lipinski definition) is 2. The van der Waals surface area contributed by atoms with E-state index in [1.54, 1.807) is 7.05 Å². The summed E-state index contributed by atoms with van der Waals surface area (Å²) < 4.78 is 27.0. The van der Waals surface area contributed by atoms with Crippen LogP contribution in [0.2, 0.25) is 10.0 Å². The number of halogens is 3. The molecule has 0 bridgehead atoms. The monoisotopic (exact) mass is 371 g/mol. The lowest BCUT2D eigenvalue weighted by Crippen LogP contribution is -2.41. The topological polar surface area (TPSA) is 37.4 Å². The molecule has 0 atom stereocenters. The van der Waals surface area contributed by atoms with Crippen LogP contribution >= 0.6 is 39.1 Å². The van der Waals surface area contributed by atoms with Gasteiger partial charge in [0.1, 0.15) is 4.90 Å². The number of nitrogens with zero attached hydrogens (tertiary/aromatic N) is 1. The summed E-state index contributed by atoms with van der Waals surface area (Å²) in [6, 6.07) is 3.13. The Hall–Kier alpha value is 0.190. The molecule has 0 spiro atoms. The van der Waals surface area contributed by atoms with E-state index in [-0.39, 0.29) is 21.0 Å². The summed E-state index contributed by atoms with van der Waals surface area (Å²) in [4.78, 5) is -0.0107. The second-order valence-corrected chi connectivity index (χ2v) is 7.97. The molecule has 1 aromatic rings. The zero-order chi connectivity index (χ0) is 13.5. The first-order chi connectivity index (χ1) is 8.34. The zero-order valence-corrected chi connectivity index (χ0v) is 13.6. The maximum absolute atomic E-state index is 12.5. The smallest absolute Gasteiger partial charge is 0.207 e. The van der Waals surface area contributed by atoms with Gasteiger partial charge in [-0.25, -0.2) is 8.42 Å². The molecule has 1 fully saturated rings. The van der Waals surface area contributed by atoms with Gasteiger partial charge in [0.15, 0.2) is 0 Å². The summed E-state index contributed by atoms with van der Waals surface area (Å²) in [7, 11) is -2.05. The predicted molar refractivity (Wildman–Crippen MR) is 76.7 cm³/mol. The Morgan fingerprint density at radius 3 is 2.17 bits per heavy atom. The Morgan fingerprint density at radius 2 is 1.78 bits per heavy atom. The lowest BCUT2D eigenvalue weighted by molar-refractivity contribution is 0.249. The van der Waals surface area contributed by atoms with E-state index in [0.717, 1.165) is 19.3 Å². The fourth-order valence-electron chi connectivity index (χ4n) is 1.87. The van der Waals surface area contributed by atoms with Crippen molar-refractivity contribution in [1.82, 2.24) is 4.31 Å². The normalized spacial score (nSPS) is 16.9. The van der Waals surface area contributed by atoms with Gasteiger partial charge in [-0.3, -0.25) is 0 Å². The molecule has 0 N–H and O–H groups in total. The number of hydrogen-bond donors (Lipinski definition) is 0. The van der Waals surface area contributed by atoms with Crippen molar-refractivity contribution in [1.29, 1.82) is 0 Å². The Labute approximate surface area is 125 Å². The molecular formula is C11H12BrCl2NO2S. The molecule has 0 amide bonds. The van der Waals surface area contributed by atoms with Crippen LogP contribution in [0, 0.1) is 0 Å². The minimum Gasteiger partial charge on any atom is -0.207 e. The van der Waals surface area contributed by atoms with Crippen molar-refractivity contribution in [3.8, 4) is 0 Å². The summed E-state index contributed by atoms with van der Waals surface area (Å²) in [5.41, 5.74) is 0. The molecular weight excluding hydrogens is 361 g/mol. The van der Waals surface area contributed by atoms with E-state index in [2.05, 4.69) is 15.9 Å². The van der Waals surface area contributed by atoms with Crippen LogP contribution in [-0.2, 0) is 10.0 Å². The first kappa shape index (κ1) is 14.6. The average molecular weight is 373 g/mol. The number of benzene rings is 1. The molecule has 1 aliphatic carbocycles. The van der Waals surface area contributed by atoms with Gasteiger partial charge in [0, 0.05) is 17.6 Å². The average Bonchev–Trinajstić information content (AvgIpc) is 2.11. The van der Waals surface area contributed by atoms with Crippen LogP contribution in [-0.4, -0.2) is 25.8 Å². The van der Waals surface area contributed by atoms with Crippen molar-refractivity contribution < 1.29 is 8.42 Å². The van der Waals surface area contributed by atoms with Gasteiger partial charge >= 0.3 is 0 Å². The molecule has 18 heavy (non-hydrogen) atoms. The lowest BCUT2D eigenvalue weighted by atomic mass is 9.94. The van der Waals surface area contributed by atoms with Crippen molar-refractivity contribution in [2.75, 3.05) is 7.05 Å². The van der Waals surface area contributed by atoms with Crippen LogP contribution < -0.4 is 0 Å². The van der Waals surface area contributed by atoms with Crippen LogP contribution in [0.25, 0.3) is 0 Å². The van der Waals surface area contributed by atoms with Crippen molar-refractivity contribution in [3.05, 3.63) is 26.7 Å². The minimum atomic E-state index is -3.63. The first-order valence-electron chi connectivity index (χ1n) is 5.46. The molecule has 100 valence electrons. The quantitative estimate of drug-likeness (QED) is 0.806. The third-order valence-corrected chi connectivity index (χ3v) is 6.48. The van der Waals surface area contributed by atoms with E-state index < -0.39 is 10.0 Å². The first-order valence-corrected chi connectivity index (χ1v) is 8.45. The van der Waals surface area contributed by atoms with Gasteiger partial charge in [0.25, 0.3) is 0 Å². The third kappa shape index (κ3) is 2.56. The highest BCUT2D eigenvalue weighted by Crippen LogP contribution is 2.37. The summed E-state index contributed by atoms with van der Waals surface area (Å²) in [5.74, 6) is 0. The van der Waals surface area contributed by atoms with Crippen LogP contribution in [0.3, 0.4) is 0 Å². The highest BCUT2D eigenvalue weighted by atomic mass is 79.9.